The SMILES string of the molecule is Brc1cc(CNc2ccc3c(c2)OCO3)cc(Br)c1OCc1ccccc1. The van der Waals surface area contributed by atoms with Gasteiger partial charge in [0.1, 0.15) is 12.4 Å². The molecular formula is C21H17Br2NO3. The minimum absolute atomic E-state index is 0.281. The second kappa shape index (κ2) is 8.23. The van der Waals surface area contributed by atoms with Crippen LogP contribution in [-0.4, -0.2) is 6.79 Å². The molecule has 0 radical (unpaired) electrons. The minimum atomic E-state index is 0.281. The first-order chi connectivity index (χ1) is 13.2. The monoisotopic (exact) mass is 489 g/mol. The van der Waals surface area contributed by atoms with Crippen LogP contribution >= 0.6 is 31.9 Å². The van der Waals surface area contributed by atoms with Crippen molar-refractivity contribution in [2.75, 3.05) is 12.1 Å². The molecule has 0 atom stereocenters. The van der Waals surface area contributed by atoms with Gasteiger partial charge in [-0.2, -0.15) is 0 Å². The zero-order valence-corrected chi connectivity index (χ0v) is 17.5. The van der Waals surface area contributed by atoms with Crippen molar-refractivity contribution in [3.05, 3.63) is 80.7 Å². The molecule has 3 aromatic rings. The van der Waals surface area contributed by atoms with Crippen LogP contribution in [0.3, 0.4) is 0 Å². The fourth-order valence-electron chi connectivity index (χ4n) is 2.79. The minimum Gasteiger partial charge on any atom is -0.487 e. The van der Waals surface area contributed by atoms with Crippen LogP contribution in [0.15, 0.2) is 69.6 Å². The van der Waals surface area contributed by atoms with E-state index in [4.69, 9.17) is 14.2 Å². The van der Waals surface area contributed by atoms with E-state index in [1.54, 1.807) is 0 Å². The molecule has 0 aliphatic carbocycles. The Hall–Kier alpha value is -2.18. The lowest BCUT2D eigenvalue weighted by atomic mass is 10.2. The zero-order chi connectivity index (χ0) is 18.6. The summed E-state index contributed by atoms with van der Waals surface area (Å²) in [5, 5.41) is 3.40. The summed E-state index contributed by atoms with van der Waals surface area (Å²) in [7, 11) is 0. The molecule has 1 heterocycles. The summed E-state index contributed by atoms with van der Waals surface area (Å²) < 4.78 is 18.6. The maximum Gasteiger partial charge on any atom is 0.231 e. The quantitative estimate of drug-likeness (QED) is 0.451. The van der Waals surface area contributed by atoms with Crippen LogP contribution < -0.4 is 19.5 Å². The van der Waals surface area contributed by atoms with Gasteiger partial charge in [0.2, 0.25) is 6.79 Å². The van der Waals surface area contributed by atoms with Crippen LogP contribution in [0.25, 0.3) is 0 Å². The molecule has 0 unspecified atom stereocenters. The third-order valence-electron chi connectivity index (χ3n) is 4.15. The normalized spacial score (nSPS) is 12.1. The maximum atomic E-state index is 5.98. The van der Waals surface area contributed by atoms with Crippen LogP contribution in [0.5, 0.6) is 17.2 Å². The molecule has 0 bridgehead atoms. The second-order valence-corrected chi connectivity index (χ2v) is 7.79. The van der Waals surface area contributed by atoms with E-state index in [9.17, 15) is 0 Å². The van der Waals surface area contributed by atoms with E-state index in [0.29, 0.717) is 13.2 Å². The summed E-state index contributed by atoms with van der Waals surface area (Å²) in [4.78, 5) is 0. The number of anilines is 1. The van der Waals surface area contributed by atoms with Crippen molar-refractivity contribution in [3.8, 4) is 17.2 Å². The van der Waals surface area contributed by atoms with Crippen LogP contribution in [0.4, 0.5) is 5.69 Å². The Morgan fingerprint density at radius 1 is 0.852 bits per heavy atom. The summed E-state index contributed by atoms with van der Waals surface area (Å²) in [5.41, 5.74) is 3.24. The van der Waals surface area contributed by atoms with Gasteiger partial charge >= 0.3 is 0 Å². The number of nitrogens with one attached hydrogen (secondary N) is 1. The number of halogens is 2. The van der Waals surface area contributed by atoms with Crippen LogP contribution in [0, 0.1) is 0 Å². The predicted octanol–water partition coefficient (Wildman–Crippen LogP) is 6.13. The molecule has 0 saturated carbocycles. The van der Waals surface area contributed by atoms with Crippen molar-refractivity contribution in [3.63, 3.8) is 0 Å². The van der Waals surface area contributed by atoms with E-state index in [1.165, 1.54) is 0 Å². The molecule has 4 nitrogen and oxygen atoms in total. The van der Waals surface area contributed by atoms with Crippen LogP contribution in [-0.2, 0) is 13.2 Å². The molecule has 1 aliphatic rings. The highest BCUT2D eigenvalue weighted by Gasteiger charge is 2.13. The number of benzene rings is 3. The Morgan fingerprint density at radius 3 is 2.37 bits per heavy atom. The van der Waals surface area contributed by atoms with Gasteiger partial charge in [0.15, 0.2) is 11.5 Å². The van der Waals surface area contributed by atoms with Crippen LogP contribution in [0.2, 0.25) is 0 Å². The highest BCUT2D eigenvalue weighted by Crippen LogP contribution is 2.36. The molecule has 3 aromatic carbocycles. The number of hydrogen-bond acceptors (Lipinski definition) is 4. The van der Waals surface area contributed by atoms with Gasteiger partial charge < -0.3 is 19.5 Å². The number of hydrogen-bond donors (Lipinski definition) is 1. The van der Waals surface area contributed by atoms with E-state index in [1.807, 2.05) is 48.5 Å². The molecule has 138 valence electrons. The lowest BCUT2D eigenvalue weighted by Gasteiger charge is -2.13. The molecule has 1 N–H and O–H groups in total. The van der Waals surface area contributed by atoms with Crippen molar-refractivity contribution in [2.24, 2.45) is 0 Å². The molecule has 0 aromatic heterocycles. The zero-order valence-electron chi connectivity index (χ0n) is 14.4. The Balaban J connectivity index is 1.42. The van der Waals surface area contributed by atoms with E-state index >= 15 is 0 Å². The summed E-state index contributed by atoms with van der Waals surface area (Å²) in [6, 6.07) is 20.1. The highest BCUT2D eigenvalue weighted by molar-refractivity contribution is 9.11. The smallest absolute Gasteiger partial charge is 0.231 e. The maximum absolute atomic E-state index is 5.98. The lowest BCUT2D eigenvalue weighted by molar-refractivity contribution is 0.174. The molecule has 0 spiro atoms. The van der Waals surface area contributed by atoms with Gasteiger partial charge in [-0.3, -0.25) is 0 Å². The molecule has 0 saturated heterocycles. The van der Waals surface area contributed by atoms with E-state index in [-0.39, 0.29) is 6.79 Å². The van der Waals surface area contributed by atoms with Crippen molar-refractivity contribution < 1.29 is 14.2 Å². The average molecular weight is 491 g/mol. The summed E-state index contributed by atoms with van der Waals surface area (Å²) in [5.74, 6) is 2.35. The summed E-state index contributed by atoms with van der Waals surface area (Å²) >= 11 is 7.24. The fraction of sp³-hybridized carbons (Fsp3) is 0.143. The predicted molar refractivity (Wildman–Crippen MR) is 113 cm³/mol. The Labute approximate surface area is 174 Å². The molecule has 0 fully saturated rings. The van der Waals surface area contributed by atoms with Gasteiger partial charge in [-0.25, -0.2) is 0 Å². The van der Waals surface area contributed by atoms with Crippen molar-refractivity contribution in [1.82, 2.24) is 0 Å². The van der Waals surface area contributed by atoms with Crippen LogP contribution in [0.1, 0.15) is 11.1 Å². The first-order valence-electron chi connectivity index (χ1n) is 8.47. The largest absolute Gasteiger partial charge is 0.487 e. The summed E-state index contributed by atoms with van der Waals surface area (Å²) in [6.45, 7) is 1.48. The molecule has 0 amide bonds. The molecular weight excluding hydrogens is 474 g/mol. The fourth-order valence-corrected chi connectivity index (χ4v) is 4.30. The number of rotatable bonds is 6. The van der Waals surface area contributed by atoms with Crippen molar-refractivity contribution >= 4 is 37.5 Å². The second-order valence-electron chi connectivity index (χ2n) is 6.08. The first kappa shape index (κ1) is 18.2. The lowest BCUT2D eigenvalue weighted by Crippen LogP contribution is -2.01. The van der Waals surface area contributed by atoms with E-state index in [2.05, 4.69) is 49.3 Å². The summed E-state index contributed by atoms with van der Waals surface area (Å²) in [6.07, 6.45) is 0. The number of ether oxygens (including phenoxy) is 3. The molecule has 6 heteroatoms. The molecule has 27 heavy (non-hydrogen) atoms. The van der Waals surface area contributed by atoms with Gasteiger partial charge in [0.25, 0.3) is 0 Å². The third kappa shape index (κ3) is 4.39. The molecule has 1 aliphatic heterocycles. The van der Waals surface area contributed by atoms with E-state index < -0.39 is 0 Å². The van der Waals surface area contributed by atoms with Gasteiger partial charge in [-0.1, -0.05) is 30.3 Å². The van der Waals surface area contributed by atoms with Gasteiger partial charge in [0.05, 0.1) is 8.95 Å². The van der Waals surface area contributed by atoms with E-state index in [0.717, 1.165) is 43.0 Å². The highest BCUT2D eigenvalue weighted by atomic mass is 79.9. The van der Waals surface area contributed by atoms with Gasteiger partial charge in [0, 0.05) is 18.3 Å². The van der Waals surface area contributed by atoms with Crippen molar-refractivity contribution in [2.45, 2.75) is 13.2 Å². The average Bonchev–Trinajstić information content (AvgIpc) is 3.14. The van der Waals surface area contributed by atoms with Crippen molar-refractivity contribution in [1.29, 1.82) is 0 Å². The standard InChI is InChI=1S/C21H17Br2NO3/c22-17-8-15(11-24-16-6-7-19-20(10-16)27-13-26-19)9-18(23)21(17)25-12-14-4-2-1-3-5-14/h1-10,24H,11-13H2. The first-order valence-corrected chi connectivity index (χ1v) is 10.1. The Kier molecular flexibility index (Phi) is 5.55. The third-order valence-corrected chi connectivity index (χ3v) is 5.33. The molecule has 4 rings (SSSR count). The number of fused-ring (bicyclic) bond motifs is 1. The Morgan fingerprint density at radius 2 is 1.59 bits per heavy atom. The van der Waals surface area contributed by atoms with Gasteiger partial charge in [-0.05, 0) is 67.3 Å². The van der Waals surface area contributed by atoms with Gasteiger partial charge in [-0.15, -0.1) is 0 Å². The Bertz CT molecular complexity index is 924. The topological polar surface area (TPSA) is 39.7 Å².